The summed E-state index contributed by atoms with van der Waals surface area (Å²) in [5.74, 6) is 0.167. The second-order valence-corrected chi connectivity index (χ2v) is 9.15. The van der Waals surface area contributed by atoms with Gasteiger partial charge in [0.05, 0.1) is 12.1 Å². The van der Waals surface area contributed by atoms with Crippen molar-refractivity contribution in [3.63, 3.8) is 0 Å². The molecule has 2 unspecified atom stereocenters. The first-order valence-corrected chi connectivity index (χ1v) is 11.9. The summed E-state index contributed by atoms with van der Waals surface area (Å²) in [6, 6.07) is 17.6. The number of hydrogen-bond donors (Lipinski definition) is 2. The molecule has 7 nitrogen and oxygen atoms in total. The highest BCUT2D eigenvalue weighted by Gasteiger charge is 2.24. The van der Waals surface area contributed by atoms with E-state index in [-0.39, 0.29) is 24.0 Å². The second kappa shape index (κ2) is 10.8. The molecule has 2 atom stereocenters. The molecule has 0 saturated carbocycles. The van der Waals surface area contributed by atoms with Gasteiger partial charge in [-0.2, -0.15) is 0 Å². The van der Waals surface area contributed by atoms with E-state index in [1.165, 1.54) is 0 Å². The molecule has 0 aromatic heterocycles. The van der Waals surface area contributed by atoms with Crippen molar-refractivity contribution >= 4 is 17.6 Å². The molecule has 0 radical (unpaired) electrons. The molecule has 0 bridgehead atoms. The summed E-state index contributed by atoms with van der Waals surface area (Å²) < 4.78 is 0. The summed E-state index contributed by atoms with van der Waals surface area (Å²) in [7, 11) is 2.15. The average molecular weight is 450 g/mol. The predicted molar refractivity (Wildman–Crippen MR) is 131 cm³/mol. The van der Waals surface area contributed by atoms with Crippen LogP contribution in [0.5, 0.6) is 0 Å². The average Bonchev–Trinajstić information content (AvgIpc) is 3.26. The van der Waals surface area contributed by atoms with E-state index in [4.69, 9.17) is 0 Å². The Hall–Kier alpha value is -2.90. The predicted octanol–water partition coefficient (Wildman–Crippen LogP) is 3.16. The first-order valence-electron chi connectivity index (χ1n) is 11.9. The lowest BCUT2D eigenvalue weighted by Gasteiger charge is -2.35. The molecule has 176 valence electrons. The van der Waals surface area contributed by atoms with Crippen molar-refractivity contribution in [3.8, 4) is 0 Å². The first kappa shape index (κ1) is 23.3. The van der Waals surface area contributed by atoms with Gasteiger partial charge in [-0.1, -0.05) is 42.5 Å². The smallest absolute Gasteiger partial charge is 0.315 e. The zero-order chi connectivity index (χ0) is 23.2. The van der Waals surface area contributed by atoms with Gasteiger partial charge in [-0.25, -0.2) is 4.79 Å². The standard InChI is InChI=1S/C26H35N5O2/c1-20(22-10-6-11-23(18-22)31-13-7-12-25(31)32)27-26(33)28-24(21-8-4-3-5-9-21)19-30-16-14-29(2)15-17-30/h3-6,8-11,18,20,24H,7,12-17,19H2,1-2H3,(H2,27,28,33). The van der Waals surface area contributed by atoms with Crippen molar-refractivity contribution < 1.29 is 9.59 Å². The van der Waals surface area contributed by atoms with Crippen LogP contribution in [-0.4, -0.2) is 68.1 Å². The van der Waals surface area contributed by atoms with Gasteiger partial charge in [-0.3, -0.25) is 9.69 Å². The lowest BCUT2D eigenvalue weighted by molar-refractivity contribution is -0.117. The van der Waals surface area contributed by atoms with Gasteiger partial charge in [0.25, 0.3) is 0 Å². The van der Waals surface area contributed by atoms with Gasteiger partial charge in [-0.15, -0.1) is 0 Å². The number of piperazine rings is 1. The number of urea groups is 1. The highest BCUT2D eigenvalue weighted by molar-refractivity contribution is 5.95. The Labute approximate surface area is 196 Å². The van der Waals surface area contributed by atoms with E-state index < -0.39 is 0 Å². The number of hydrogen-bond acceptors (Lipinski definition) is 4. The van der Waals surface area contributed by atoms with Crippen LogP contribution < -0.4 is 15.5 Å². The maximum absolute atomic E-state index is 13.0. The van der Waals surface area contributed by atoms with Crippen molar-refractivity contribution in [1.82, 2.24) is 20.4 Å². The van der Waals surface area contributed by atoms with Gasteiger partial charge in [0.2, 0.25) is 5.91 Å². The lowest BCUT2D eigenvalue weighted by atomic mass is 10.1. The second-order valence-electron chi connectivity index (χ2n) is 9.15. The SMILES string of the molecule is CC(NC(=O)NC(CN1CCN(C)CC1)c1ccccc1)c1cccc(N2CCCC2=O)c1. The summed E-state index contributed by atoms with van der Waals surface area (Å²) in [5, 5.41) is 6.29. The van der Waals surface area contributed by atoms with E-state index in [1.54, 1.807) is 0 Å². The van der Waals surface area contributed by atoms with E-state index >= 15 is 0 Å². The van der Waals surface area contributed by atoms with Crippen molar-refractivity contribution in [1.29, 1.82) is 0 Å². The Morgan fingerprint density at radius 1 is 0.939 bits per heavy atom. The Bertz CT molecular complexity index is 943. The van der Waals surface area contributed by atoms with Crippen LogP contribution in [0.1, 0.15) is 43.0 Å². The fourth-order valence-electron chi connectivity index (χ4n) is 4.57. The summed E-state index contributed by atoms with van der Waals surface area (Å²) in [6.45, 7) is 7.61. The molecule has 3 amide bonds. The van der Waals surface area contributed by atoms with Crippen LogP contribution in [0.2, 0.25) is 0 Å². The third-order valence-electron chi connectivity index (χ3n) is 6.65. The number of carbonyl (C=O) groups is 2. The van der Waals surface area contributed by atoms with Gasteiger partial charge in [0.1, 0.15) is 0 Å². The van der Waals surface area contributed by atoms with Gasteiger partial charge < -0.3 is 20.4 Å². The summed E-state index contributed by atoms with van der Waals surface area (Å²) in [5.41, 5.74) is 2.99. The molecule has 2 aliphatic rings. The molecular formula is C26H35N5O2. The third-order valence-corrected chi connectivity index (χ3v) is 6.65. The van der Waals surface area contributed by atoms with Gasteiger partial charge in [0, 0.05) is 51.4 Å². The monoisotopic (exact) mass is 449 g/mol. The van der Waals surface area contributed by atoms with Crippen LogP contribution in [0.25, 0.3) is 0 Å². The molecule has 7 heteroatoms. The Morgan fingerprint density at radius 3 is 2.36 bits per heavy atom. The number of carbonyl (C=O) groups excluding carboxylic acids is 2. The highest BCUT2D eigenvalue weighted by atomic mass is 16.2. The number of likely N-dealkylation sites (N-methyl/N-ethyl adjacent to an activating group) is 1. The number of benzene rings is 2. The van der Waals surface area contributed by atoms with E-state index in [9.17, 15) is 9.59 Å². The molecule has 2 aromatic rings. The molecule has 33 heavy (non-hydrogen) atoms. The fourth-order valence-corrected chi connectivity index (χ4v) is 4.57. The molecule has 2 saturated heterocycles. The highest BCUT2D eigenvalue weighted by Crippen LogP contribution is 2.25. The summed E-state index contributed by atoms with van der Waals surface area (Å²) in [4.78, 5) is 31.7. The Kier molecular flexibility index (Phi) is 7.62. The number of rotatable bonds is 7. The normalized spacial score (nSPS) is 19.3. The maximum atomic E-state index is 13.0. The Morgan fingerprint density at radius 2 is 1.67 bits per heavy atom. The van der Waals surface area contributed by atoms with E-state index in [0.717, 1.165) is 62.5 Å². The van der Waals surface area contributed by atoms with E-state index in [2.05, 4.69) is 39.6 Å². The van der Waals surface area contributed by atoms with Gasteiger partial charge in [0.15, 0.2) is 0 Å². The van der Waals surface area contributed by atoms with E-state index in [1.807, 2.05) is 54.3 Å². The molecule has 2 fully saturated rings. The van der Waals surface area contributed by atoms with Crippen LogP contribution >= 0.6 is 0 Å². The maximum Gasteiger partial charge on any atom is 0.315 e. The van der Waals surface area contributed by atoms with Crippen LogP contribution in [0, 0.1) is 0 Å². The number of amides is 3. The van der Waals surface area contributed by atoms with Crippen molar-refractivity contribution in [3.05, 3.63) is 65.7 Å². The van der Waals surface area contributed by atoms with Crippen LogP contribution in [0.3, 0.4) is 0 Å². The number of nitrogens with zero attached hydrogens (tertiary/aromatic N) is 3. The fraction of sp³-hybridized carbons (Fsp3) is 0.462. The summed E-state index contributed by atoms with van der Waals surface area (Å²) in [6.07, 6.45) is 1.50. The van der Waals surface area contributed by atoms with Crippen molar-refractivity contribution in [2.24, 2.45) is 0 Å². The zero-order valence-electron chi connectivity index (χ0n) is 19.7. The molecular weight excluding hydrogens is 414 g/mol. The quantitative estimate of drug-likeness (QED) is 0.681. The van der Waals surface area contributed by atoms with E-state index in [0.29, 0.717) is 6.42 Å². The van der Waals surface area contributed by atoms with Crippen LogP contribution in [0.4, 0.5) is 10.5 Å². The molecule has 4 rings (SSSR count). The Balaban J connectivity index is 1.40. The van der Waals surface area contributed by atoms with Crippen LogP contribution in [-0.2, 0) is 4.79 Å². The lowest BCUT2D eigenvalue weighted by Crippen LogP contribution is -2.49. The van der Waals surface area contributed by atoms with Gasteiger partial charge in [-0.05, 0) is 43.7 Å². The molecule has 0 aliphatic carbocycles. The third kappa shape index (κ3) is 6.12. The minimum atomic E-state index is -0.187. The van der Waals surface area contributed by atoms with Crippen molar-refractivity contribution in [2.45, 2.75) is 31.8 Å². The number of anilines is 1. The number of nitrogens with one attached hydrogen (secondary N) is 2. The zero-order valence-corrected chi connectivity index (χ0v) is 19.7. The largest absolute Gasteiger partial charge is 0.332 e. The first-order chi connectivity index (χ1) is 16.0. The minimum absolute atomic E-state index is 0.0876. The topological polar surface area (TPSA) is 67.9 Å². The van der Waals surface area contributed by atoms with Crippen LogP contribution in [0.15, 0.2) is 54.6 Å². The molecule has 0 spiro atoms. The molecule has 2 aliphatic heterocycles. The molecule has 2 aromatic carbocycles. The minimum Gasteiger partial charge on any atom is -0.332 e. The van der Waals surface area contributed by atoms with Gasteiger partial charge >= 0.3 is 6.03 Å². The van der Waals surface area contributed by atoms with Crippen molar-refractivity contribution in [2.75, 3.05) is 51.2 Å². The molecule has 2 N–H and O–H groups in total. The molecule has 2 heterocycles. The summed E-state index contributed by atoms with van der Waals surface area (Å²) >= 11 is 0.